The maximum Gasteiger partial charge on any atom is 0.0930 e. The van der Waals surface area contributed by atoms with Crippen molar-refractivity contribution in [1.29, 1.82) is 0 Å². The molecule has 8 heteroatoms. The second-order valence-electron chi connectivity index (χ2n) is 9.65. The number of ether oxygens (including phenoxy) is 1. The van der Waals surface area contributed by atoms with Crippen LogP contribution in [-0.4, -0.2) is 43.5 Å². The van der Waals surface area contributed by atoms with Crippen molar-refractivity contribution in [3.8, 4) is 16.9 Å². The Morgan fingerprint density at radius 1 is 1.08 bits per heavy atom. The highest BCUT2D eigenvalue weighted by atomic mass is 32.1. The zero-order valence-electron chi connectivity index (χ0n) is 21.0. The van der Waals surface area contributed by atoms with Crippen LogP contribution in [0, 0.1) is 5.92 Å². The number of benzene rings is 2. The molecule has 0 amide bonds. The van der Waals surface area contributed by atoms with Gasteiger partial charge in [0, 0.05) is 49.0 Å². The van der Waals surface area contributed by atoms with Gasteiger partial charge in [0.05, 0.1) is 35.7 Å². The smallest absolute Gasteiger partial charge is 0.0930 e. The highest BCUT2D eigenvalue weighted by Gasteiger charge is 2.21. The van der Waals surface area contributed by atoms with Gasteiger partial charge in [0.2, 0.25) is 0 Å². The first-order valence-corrected chi connectivity index (χ1v) is 13.6. The normalized spacial score (nSPS) is 15.1. The molecule has 1 atom stereocenters. The molecule has 2 aromatic carbocycles. The molecule has 1 aliphatic rings. The summed E-state index contributed by atoms with van der Waals surface area (Å²) >= 11 is 1.85. The van der Waals surface area contributed by atoms with Crippen LogP contribution in [0.2, 0.25) is 0 Å². The lowest BCUT2D eigenvalue weighted by molar-refractivity contribution is 0.183. The zero-order valence-corrected chi connectivity index (χ0v) is 21.8. The minimum atomic E-state index is 0.612. The Morgan fingerprint density at radius 2 is 2.05 bits per heavy atom. The van der Waals surface area contributed by atoms with Crippen LogP contribution < -0.4 is 0 Å². The van der Waals surface area contributed by atoms with Crippen LogP contribution in [0.4, 0.5) is 0 Å². The maximum absolute atomic E-state index is 5.23. The number of thiazole rings is 1. The van der Waals surface area contributed by atoms with Gasteiger partial charge < -0.3 is 4.74 Å². The molecule has 3 aromatic heterocycles. The third kappa shape index (κ3) is 5.40. The molecular formula is C29H30N6OS. The first-order chi connectivity index (χ1) is 18.2. The van der Waals surface area contributed by atoms with Crippen LogP contribution in [0.3, 0.4) is 0 Å². The number of fused-ring (bicyclic) bond motifs is 1. The number of aromatic nitrogens is 6. The minimum Gasteiger partial charge on any atom is -0.383 e. The van der Waals surface area contributed by atoms with E-state index in [0.717, 1.165) is 37.1 Å². The number of hydrogen-bond donors (Lipinski definition) is 0. The van der Waals surface area contributed by atoms with E-state index in [-0.39, 0.29) is 0 Å². The quantitative estimate of drug-likeness (QED) is 0.274. The highest BCUT2D eigenvalue weighted by molar-refractivity contribution is 7.11. The molecule has 7 nitrogen and oxygen atoms in total. The summed E-state index contributed by atoms with van der Waals surface area (Å²) in [5.41, 5.74) is 7.50. The first-order valence-electron chi connectivity index (χ1n) is 12.8. The third-order valence-corrected chi connectivity index (χ3v) is 8.10. The van der Waals surface area contributed by atoms with Gasteiger partial charge in [-0.15, -0.1) is 16.4 Å². The van der Waals surface area contributed by atoms with Crippen LogP contribution in [0.1, 0.15) is 33.0 Å². The summed E-state index contributed by atoms with van der Waals surface area (Å²) < 4.78 is 9.05. The maximum atomic E-state index is 5.23. The fraction of sp³-hybridized carbons (Fsp3) is 0.310. The van der Waals surface area contributed by atoms with Crippen molar-refractivity contribution in [2.24, 2.45) is 5.92 Å². The van der Waals surface area contributed by atoms with E-state index < -0.39 is 0 Å². The molecule has 3 heterocycles. The number of aryl methyl sites for hydroxylation is 1. The van der Waals surface area contributed by atoms with E-state index in [1.165, 1.54) is 38.6 Å². The van der Waals surface area contributed by atoms with Gasteiger partial charge in [0.1, 0.15) is 0 Å². The average Bonchev–Trinajstić information content (AvgIpc) is 3.70. The molecule has 0 saturated heterocycles. The molecule has 0 fully saturated rings. The van der Waals surface area contributed by atoms with Crippen molar-refractivity contribution >= 4 is 11.3 Å². The molecule has 0 radical (unpaired) electrons. The second kappa shape index (κ2) is 10.8. The SMILES string of the molecule is COCCn1nncc1-c1ccc2c(c1)CC(Cc1ncc(Cc3cccc(-n4cccn4)c3)s1)CC2. The highest BCUT2D eigenvalue weighted by Crippen LogP contribution is 2.32. The number of rotatable bonds is 9. The molecule has 188 valence electrons. The van der Waals surface area contributed by atoms with Gasteiger partial charge in [-0.3, -0.25) is 0 Å². The summed E-state index contributed by atoms with van der Waals surface area (Å²) in [4.78, 5) is 6.11. The van der Waals surface area contributed by atoms with E-state index >= 15 is 0 Å². The van der Waals surface area contributed by atoms with Crippen LogP contribution in [0.15, 0.2) is 73.3 Å². The van der Waals surface area contributed by atoms with Gasteiger partial charge in [-0.1, -0.05) is 29.5 Å². The minimum absolute atomic E-state index is 0.612. The Bertz CT molecular complexity index is 1470. The predicted octanol–water partition coefficient (Wildman–Crippen LogP) is 5.17. The van der Waals surface area contributed by atoms with Crippen LogP contribution >= 0.6 is 11.3 Å². The summed E-state index contributed by atoms with van der Waals surface area (Å²) in [7, 11) is 1.71. The Kier molecular flexibility index (Phi) is 6.92. The van der Waals surface area contributed by atoms with Crippen molar-refractivity contribution in [1.82, 2.24) is 29.8 Å². The van der Waals surface area contributed by atoms with Crippen molar-refractivity contribution in [3.63, 3.8) is 0 Å². The largest absolute Gasteiger partial charge is 0.383 e. The molecule has 1 unspecified atom stereocenters. The Labute approximate surface area is 220 Å². The molecule has 37 heavy (non-hydrogen) atoms. The van der Waals surface area contributed by atoms with Gasteiger partial charge in [-0.25, -0.2) is 14.3 Å². The molecule has 5 aromatic rings. The Hall–Kier alpha value is -3.62. The van der Waals surface area contributed by atoms with E-state index in [1.807, 2.05) is 45.4 Å². The lowest BCUT2D eigenvalue weighted by Crippen LogP contribution is -2.16. The third-order valence-electron chi connectivity index (χ3n) is 7.08. The molecule has 1 aliphatic carbocycles. The first kappa shape index (κ1) is 23.8. The van der Waals surface area contributed by atoms with E-state index in [1.54, 1.807) is 7.11 Å². The van der Waals surface area contributed by atoms with Crippen molar-refractivity contribution in [3.05, 3.63) is 99.9 Å². The van der Waals surface area contributed by atoms with Crippen LogP contribution in [0.5, 0.6) is 0 Å². The summed E-state index contributed by atoms with van der Waals surface area (Å²) in [5, 5.41) is 14.0. The Morgan fingerprint density at radius 3 is 2.95 bits per heavy atom. The monoisotopic (exact) mass is 510 g/mol. The van der Waals surface area contributed by atoms with Gasteiger partial charge in [-0.05, 0) is 66.1 Å². The van der Waals surface area contributed by atoms with Gasteiger partial charge >= 0.3 is 0 Å². The average molecular weight is 511 g/mol. The van der Waals surface area contributed by atoms with Crippen LogP contribution in [-0.2, 0) is 37.0 Å². The fourth-order valence-corrected chi connectivity index (χ4v) is 6.26. The fourth-order valence-electron chi connectivity index (χ4n) is 5.19. The summed E-state index contributed by atoms with van der Waals surface area (Å²) in [6.45, 7) is 1.32. The zero-order chi connectivity index (χ0) is 25.0. The molecule has 0 N–H and O–H groups in total. The standard InChI is InChI=1S/C29H30N6OS/c1-36-13-12-35-28(20-31-33-35)24-9-8-23-7-6-22(14-25(23)18-24)17-29-30-19-27(37-29)16-21-4-2-5-26(15-21)34-11-3-10-32-34/h2-5,8-11,15,18-20,22H,6-7,12-14,16-17H2,1H3. The molecule has 0 bridgehead atoms. The van der Waals surface area contributed by atoms with Crippen LogP contribution in [0.25, 0.3) is 16.9 Å². The summed E-state index contributed by atoms with van der Waals surface area (Å²) in [6, 6.07) is 17.3. The topological polar surface area (TPSA) is 70.7 Å². The molecule has 0 saturated carbocycles. The van der Waals surface area contributed by atoms with Crippen molar-refractivity contribution in [2.75, 3.05) is 13.7 Å². The molecule has 0 aliphatic heterocycles. The van der Waals surface area contributed by atoms with Gasteiger partial charge in [0.25, 0.3) is 0 Å². The van der Waals surface area contributed by atoms with Crippen molar-refractivity contribution < 1.29 is 4.74 Å². The van der Waals surface area contributed by atoms with E-state index in [2.05, 4.69) is 64.1 Å². The van der Waals surface area contributed by atoms with Gasteiger partial charge in [0.15, 0.2) is 0 Å². The van der Waals surface area contributed by atoms with Gasteiger partial charge in [-0.2, -0.15) is 5.10 Å². The molecular weight excluding hydrogens is 480 g/mol. The predicted molar refractivity (Wildman–Crippen MR) is 145 cm³/mol. The summed E-state index contributed by atoms with van der Waals surface area (Å²) in [5.74, 6) is 0.612. The number of hydrogen-bond acceptors (Lipinski definition) is 6. The van der Waals surface area contributed by atoms with E-state index in [9.17, 15) is 0 Å². The summed E-state index contributed by atoms with van der Waals surface area (Å²) in [6.07, 6.45) is 13.0. The van der Waals surface area contributed by atoms with Crippen molar-refractivity contribution in [2.45, 2.75) is 38.6 Å². The molecule has 6 rings (SSSR count). The van der Waals surface area contributed by atoms with E-state index in [0.29, 0.717) is 19.1 Å². The second-order valence-corrected chi connectivity index (χ2v) is 10.8. The lowest BCUT2D eigenvalue weighted by Gasteiger charge is -2.24. The Balaban J connectivity index is 1.12. The number of nitrogens with zero attached hydrogens (tertiary/aromatic N) is 6. The van der Waals surface area contributed by atoms with E-state index in [4.69, 9.17) is 9.72 Å². The molecule has 0 spiro atoms. The lowest BCUT2D eigenvalue weighted by atomic mass is 9.81. The number of methoxy groups -OCH3 is 1.